The molecule has 2 nitrogen and oxygen atoms in total. The summed E-state index contributed by atoms with van der Waals surface area (Å²) in [5.74, 6) is 0. The Hall–Kier alpha value is -0.0300. The van der Waals surface area contributed by atoms with Gasteiger partial charge in [-0.3, -0.25) is 0 Å². The Kier molecular flexibility index (Phi) is 5.57. The van der Waals surface area contributed by atoms with Crippen LogP contribution in [0.2, 0.25) is 0 Å². The van der Waals surface area contributed by atoms with Crippen molar-refractivity contribution in [2.75, 3.05) is 6.61 Å². The molecule has 1 aliphatic rings. The van der Waals surface area contributed by atoms with Gasteiger partial charge in [-0.25, -0.2) is 0 Å². The van der Waals surface area contributed by atoms with Crippen molar-refractivity contribution in [2.45, 2.75) is 62.4 Å². The van der Waals surface area contributed by atoms with Gasteiger partial charge >= 0.3 is 0 Å². The van der Waals surface area contributed by atoms with Crippen LogP contribution in [0.5, 0.6) is 0 Å². The molecule has 0 spiro atoms. The molecule has 2 rings (SSSR count). The molecule has 112 valence electrons. The highest BCUT2D eigenvalue weighted by atomic mass is 79.9. The topological polar surface area (TPSA) is 21.3 Å². The number of halogens is 1. The molecule has 0 saturated carbocycles. The van der Waals surface area contributed by atoms with E-state index in [4.69, 9.17) is 4.74 Å². The Morgan fingerprint density at radius 2 is 2.15 bits per heavy atom. The van der Waals surface area contributed by atoms with E-state index in [1.807, 2.05) is 11.8 Å². The molecule has 4 heteroatoms. The highest BCUT2D eigenvalue weighted by Gasteiger charge is 2.26. The number of hydrogen-bond donors (Lipinski definition) is 1. The summed E-state index contributed by atoms with van der Waals surface area (Å²) >= 11 is 5.54. The summed E-state index contributed by atoms with van der Waals surface area (Å²) in [7, 11) is 0. The molecule has 0 bridgehead atoms. The van der Waals surface area contributed by atoms with Crippen molar-refractivity contribution in [3.05, 3.63) is 28.2 Å². The molecular formula is C16H24BrNOS. The minimum Gasteiger partial charge on any atom is -0.377 e. The van der Waals surface area contributed by atoms with Crippen molar-refractivity contribution in [3.63, 3.8) is 0 Å². The van der Waals surface area contributed by atoms with Crippen LogP contribution in [-0.4, -0.2) is 23.5 Å². The first-order chi connectivity index (χ1) is 9.35. The fourth-order valence-corrected chi connectivity index (χ4v) is 3.84. The van der Waals surface area contributed by atoms with Crippen molar-refractivity contribution in [3.8, 4) is 0 Å². The number of thioether (sulfide) groups is 1. The van der Waals surface area contributed by atoms with Crippen LogP contribution in [0.25, 0.3) is 0 Å². The molecule has 2 atom stereocenters. The number of rotatable bonds is 4. The summed E-state index contributed by atoms with van der Waals surface area (Å²) in [6.07, 6.45) is 1.50. The van der Waals surface area contributed by atoms with E-state index in [1.165, 1.54) is 10.5 Å². The van der Waals surface area contributed by atoms with Gasteiger partial charge in [0.25, 0.3) is 0 Å². The van der Waals surface area contributed by atoms with Gasteiger partial charge in [0.2, 0.25) is 0 Å². The summed E-state index contributed by atoms with van der Waals surface area (Å²) in [5.41, 5.74) is 1.49. The smallest absolute Gasteiger partial charge is 0.0669 e. The largest absolute Gasteiger partial charge is 0.377 e. The second-order valence-electron chi connectivity index (χ2n) is 6.38. The molecule has 0 amide bonds. The lowest BCUT2D eigenvalue weighted by molar-refractivity contribution is 0.127. The number of hydrogen-bond acceptors (Lipinski definition) is 3. The maximum atomic E-state index is 5.67. The molecule has 1 aromatic rings. The molecule has 1 heterocycles. The Bertz CT molecular complexity index is 458. The van der Waals surface area contributed by atoms with Crippen molar-refractivity contribution in [1.29, 1.82) is 0 Å². The summed E-state index contributed by atoms with van der Waals surface area (Å²) in [4.78, 5) is 1.37. The molecule has 1 aliphatic heterocycles. The minimum absolute atomic E-state index is 0.133. The van der Waals surface area contributed by atoms with Crippen LogP contribution in [0.4, 0.5) is 0 Å². The molecular weight excluding hydrogens is 334 g/mol. The zero-order chi connectivity index (χ0) is 14.8. The fourth-order valence-electron chi connectivity index (χ4n) is 2.19. The van der Waals surface area contributed by atoms with Crippen LogP contribution in [0.15, 0.2) is 27.6 Å². The van der Waals surface area contributed by atoms with Crippen LogP contribution in [-0.2, 0) is 11.3 Å². The number of nitrogens with one attached hydrogen (secondary N) is 1. The van der Waals surface area contributed by atoms with Gasteiger partial charge in [0.05, 0.1) is 6.10 Å². The monoisotopic (exact) mass is 357 g/mol. The average molecular weight is 358 g/mol. The predicted molar refractivity (Wildman–Crippen MR) is 90.4 cm³/mol. The summed E-state index contributed by atoms with van der Waals surface area (Å²) in [6, 6.07) is 6.57. The molecule has 1 fully saturated rings. The SMILES string of the molecule is CC1OCCC1Sc1ccc(Br)cc1CNC(C)(C)C. The van der Waals surface area contributed by atoms with Crippen LogP contribution < -0.4 is 5.32 Å². The molecule has 1 saturated heterocycles. The zero-order valence-electron chi connectivity index (χ0n) is 12.7. The standard InChI is InChI=1S/C16H24BrNOS/c1-11-14(7-8-19-11)20-15-6-5-13(17)9-12(15)10-18-16(2,3)4/h5-6,9,11,14,18H,7-8,10H2,1-4H3. The summed E-state index contributed by atoms with van der Waals surface area (Å²) in [6.45, 7) is 10.6. The maximum absolute atomic E-state index is 5.67. The lowest BCUT2D eigenvalue weighted by Crippen LogP contribution is -2.35. The molecule has 2 unspecified atom stereocenters. The molecule has 0 radical (unpaired) electrons. The van der Waals surface area contributed by atoms with Gasteiger partial charge in [0.1, 0.15) is 0 Å². The third-order valence-electron chi connectivity index (χ3n) is 3.42. The maximum Gasteiger partial charge on any atom is 0.0669 e. The van der Waals surface area contributed by atoms with Gasteiger partial charge in [-0.1, -0.05) is 15.9 Å². The van der Waals surface area contributed by atoms with E-state index in [2.05, 4.69) is 67.1 Å². The van der Waals surface area contributed by atoms with Crippen LogP contribution in [0.3, 0.4) is 0 Å². The summed E-state index contributed by atoms with van der Waals surface area (Å²) in [5, 5.41) is 4.15. The van der Waals surface area contributed by atoms with Gasteiger partial charge in [0.15, 0.2) is 0 Å². The fraction of sp³-hybridized carbons (Fsp3) is 0.625. The van der Waals surface area contributed by atoms with Crippen LogP contribution in [0.1, 0.15) is 39.7 Å². The third kappa shape index (κ3) is 4.76. The first-order valence-corrected chi connectivity index (χ1v) is 8.84. The van der Waals surface area contributed by atoms with E-state index < -0.39 is 0 Å². The average Bonchev–Trinajstić information content (AvgIpc) is 2.74. The van der Waals surface area contributed by atoms with Crippen LogP contribution in [0, 0.1) is 0 Å². The Morgan fingerprint density at radius 3 is 2.75 bits per heavy atom. The van der Waals surface area contributed by atoms with E-state index in [1.54, 1.807) is 0 Å². The molecule has 1 aromatic carbocycles. The highest BCUT2D eigenvalue weighted by molar-refractivity contribution is 9.10. The molecule has 1 N–H and O–H groups in total. The van der Waals surface area contributed by atoms with E-state index in [-0.39, 0.29) is 5.54 Å². The Morgan fingerprint density at radius 1 is 1.40 bits per heavy atom. The summed E-state index contributed by atoms with van der Waals surface area (Å²) < 4.78 is 6.81. The van der Waals surface area contributed by atoms with E-state index in [9.17, 15) is 0 Å². The third-order valence-corrected chi connectivity index (χ3v) is 5.48. The lowest BCUT2D eigenvalue weighted by Gasteiger charge is -2.22. The predicted octanol–water partition coefficient (Wildman–Crippen LogP) is 4.61. The van der Waals surface area contributed by atoms with Crippen molar-refractivity contribution in [1.82, 2.24) is 5.32 Å². The Labute approximate surface area is 135 Å². The van der Waals surface area contributed by atoms with Gasteiger partial charge in [-0.15, -0.1) is 11.8 Å². The highest BCUT2D eigenvalue weighted by Crippen LogP contribution is 2.35. The van der Waals surface area contributed by atoms with Crippen molar-refractivity contribution in [2.24, 2.45) is 0 Å². The molecule has 0 aliphatic carbocycles. The Balaban J connectivity index is 2.10. The van der Waals surface area contributed by atoms with Gasteiger partial charge in [0, 0.05) is 33.3 Å². The second kappa shape index (κ2) is 6.82. The van der Waals surface area contributed by atoms with E-state index in [0.717, 1.165) is 24.0 Å². The normalized spacial score (nSPS) is 23.2. The van der Waals surface area contributed by atoms with E-state index in [0.29, 0.717) is 11.4 Å². The quantitative estimate of drug-likeness (QED) is 0.850. The van der Waals surface area contributed by atoms with Gasteiger partial charge < -0.3 is 10.1 Å². The lowest BCUT2D eigenvalue weighted by atomic mass is 10.1. The number of benzene rings is 1. The zero-order valence-corrected chi connectivity index (χ0v) is 15.1. The van der Waals surface area contributed by atoms with Gasteiger partial charge in [-0.05, 0) is 57.9 Å². The van der Waals surface area contributed by atoms with Crippen molar-refractivity contribution >= 4 is 27.7 Å². The van der Waals surface area contributed by atoms with E-state index >= 15 is 0 Å². The minimum atomic E-state index is 0.133. The van der Waals surface area contributed by atoms with Crippen LogP contribution >= 0.6 is 27.7 Å². The molecule has 0 aromatic heterocycles. The van der Waals surface area contributed by atoms with Crippen molar-refractivity contribution < 1.29 is 4.74 Å². The first kappa shape index (κ1) is 16.3. The second-order valence-corrected chi connectivity index (χ2v) is 8.57. The first-order valence-electron chi connectivity index (χ1n) is 7.17. The molecule has 20 heavy (non-hydrogen) atoms. The van der Waals surface area contributed by atoms with Gasteiger partial charge in [-0.2, -0.15) is 0 Å². The number of ether oxygens (including phenoxy) is 1.